The number of rotatable bonds is 7. The Balaban J connectivity index is 1.45. The van der Waals surface area contributed by atoms with Crippen LogP contribution < -0.4 is 5.32 Å². The zero-order chi connectivity index (χ0) is 13.3. The highest BCUT2D eigenvalue weighted by atomic mass is 15.2. The molecule has 0 radical (unpaired) electrons. The van der Waals surface area contributed by atoms with Crippen LogP contribution in [0.2, 0.25) is 0 Å². The van der Waals surface area contributed by atoms with Crippen molar-refractivity contribution >= 4 is 0 Å². The van der Waals surface area contributed by atoms with Crippen LogP contribution in [0.15, 0.2) is 0 Å². The minimum Gasteiger partial charge on any atom is -0.300 e. The highest BCUT2D eigenvalue weighted by molar-refractivity contribution is 5.09. The van der Waals surface area contributed by atoms with Crippen molar-refractivity contribution in [3.63, 3.8) is 0 Å². The van der Waals surface area contributed by atoms with E-state index in [2.05, 4.69) is 23.2 Å². The number of nitrogens with zero attached hydrogens (tertiary/aromatic N) is 2. The largest absolute Gasteiger partial charge is 0.300 e. The van der Waals surface area contributed by atoms with E-state index in [-0.39, 0.29) is 5.54 Å². The lowest BCUT2D eigenvalue weighted by Gasteiger charge is -2.30. The van der Waals surface area contributed by atoms with Gasteiger partial charge < -0.3 is 4.90 Å². The molecule has 3 unspecified atom stereocenters. The fourth-order valence-electron chi connectivity index (χ4n) is 4.02. The van der Waals surface area contributed by atoms with Crippen molar-refractivity contribution in [2.75, 3.05) is 13.1 Å². The summed E-state index contributed by atoms with van der Waals surface area (Å²) in [7, 11) is 0. The summed E-state index contributed by atoms with van der Waals surface area (Å²) in [6.45, 7) is 4.68. The summed E-state index contributed by atoms with van der Waals surface area (Å²) in [4.78, 5) is 2.68. The van der Waals surface area contributed by atoms with Crippen LogP contribution in [0.25, 0.3) is 0 Å². The van der Waals surface area contributed by atoms with E-state index in [0.717, 1.165) is 24.8 Å². The van der Waals surface area contributed by atoms with Crippen molar-refractivity contribution < 1.29 is 0 Å². The third kappa shape index (κ3) is 2.95. The van der Waals surface area contributed by atoms with Crippen LogP contribution in [0.1, 0.15) is 58.3 Å². The van der Waals surface area contributed by atoms with Gasteiger partial charge in [-0.25, -0.2) is 0 Å². The lowest BCUT2D eigenvalue weighted by atomic mass is 9.91. The van der Waals surface area contributed by atoms with Crippen LogP contribution in [-0.2, 0) is 0 Å². The quantitative estimate of drug-likeness (QED) is 0.766. The number of hydrogen-bond acceptors (Lipinski definition) is 3. The molecule has 0 spiro atoms. The molecule has 3 fully saturated rings. The van der Waals surface area contributed by atoms with E-state index in [1.54, 1.807) is 0 Å². The van der Waals surface area contributed by atoms with Crippen LogP contribution in [0, 0.1) is 17.2 Å². The van der Waals surface area contributed by atoms with Crippen LogP contribution in [0.3, 0.4) is 0 Å². The van der Waals surface area contributed by atoms with Crippen LogP contribution in [-0.4, -0.2) is 35.6 Å². The predicted octanol–water partition coefficient (Wildman–Crippen LogP) is 2.68. The van der Waals surface area contributed by atoms with Gasteiger partial charge in [-0.15, -0.1) is 0 Å². The Morgan fingerprint density at radius 3 is 2.68 bits per heavy atom. The summed E-state index contributed by atoms with van der Waals surface area (Å²) in [5.41, 5.74) is -0.250. The Morgan fingerprint density at radius 2 is 2.16 bits per heavy atom. The normalized spacial score (nSPS) is 33.3. The zero-order valence-electron chi connectivity index (χ0n) is 12.2. The van der Waals surface area contributed by atoms with Gasteiger partial charge in [0, 0.05) is 18.6 Å². The van der Waals surface area contributed by atoms with Crippen molar-refractivity contribution in [2.24, 2.45) is 5.92 Å². The molecule has 106 valence electrons. The van der Waals surface area contributed by atoms with Gasteiger partial charge in [0.2, 0.25) is 0 Å². The summed E-state index contributed by atoms with van der Waals surface area (Å²) in [6.07, 6.45) is 9.97. The van der Waals surface area contributed by atoms with Crippen molar-refractivity contribution in [1.82, 2.24) is 10.2 Å². The molecule has 0 amide bonds. The molecule has 0 aromatic carbocycles. The molecule has 2 saturated carbocycles. The van der Waals surface area contributed by atoms with E-state index in [1.807, 2.05) is 0 Å². The van der Waals surface area contributed by atoms with Gasteiger partial charge in [0.05, 0.1) is 6.07 Å². The molecule has 1 heterocycles. The molecule has 3 atom stereocenters. The molecular weight excluding hydrogens is 234 g/mol. The number of piperidine rings is 1. The summed E-state index contributed by atoms with van der Waals surface area (Å²) in [5.74, 6) is 0.987. The predicted molar refractivity (Wildman–Crippen MR) is 76.7 cm³/mol. The monoisotopic (exact) mass is 261 g/mol. The standard InChI is InChI=1S/C16H27N3/c1-2-16(12-17,18-14-5-6-14)8-3-9-19-11-13-4-7-15(19)10-13/h13-15,18H,2-11H2,1H3. The minimum absolute atomic E-state index is 0.250. The summed E-state index contributed by atoms with van der Waals surface area (Å²) >= 11 is 0. The maximum Gasteiger partial charge on any atom is 0.106 e. The lowest BCUT2D eigenvalue weighted by Crippen LogP contribution is -2.45. The van der Waals surface area contributed by atoms with Gasteiger partial charge in [0.15, 0.2) is 0 Å². The number of nitrogens with one attached hydrogen (secondary N) is 1. The molecule has 1 N–H and O–H groups in total. The van der Waals surface area contributed by atoms with Gasteiger partial charge in [-0.2, -0.15) is 5.26 Å². The average molecular weight is 261 g/mol. The second-order valence-corrected chi connectivity index (χ2v) is 6.90. The average Bonchev–Trinajstić information content (AvgIpc) is 2.99. The summed E-state index contributed by atoms with van der Waals surface area (Å²) in [6, 6.07) is 4.07. The van der Waals surface area contributed by atoms with Gasteiger partial charge in [-0.3, -0.25) is 5.32 Å². The Labute approximate surface area is 117 Å². The summed E-state index contributed by atoms with van der Waals surface area (Å²) in [5, 5.41) is 13.1. The van der Waals surface area contributed by atoms with Gasteiger partial charge >= 0.3 is 0 Å². The topological polar surface area (TPSA) is 39.1 Å². The molecule has 2 aliphatic carbocycles. The second kappa shape index (κ2) is 5.42. The SMILES string of the molecule is CCC(C#N)(CCCN1CC2CCC1C2)NC1CC1. The molecule has 1 aliphatic heterocycles. The zero-order valence-corrected chi connectivity index (χ0v) is 12.2. The lowest BCUT2D eigenvalue weighted by molar-refractivity contribution is 0.202. The van der Waals surface area contributed by atoms with E-state index < -0.39 is 0 Å². The second-order valence-electron chi connectivity index (χ2n) is 6.90. The fourth-order valence-corrected chi connectivity index (χ4v) is 4.02. The molecule has 19 heavy (non-hydrogen) atoms. The molecule has 0 aromatic heterocycles. The first kappa shape index (κ1) is 13.4. The van der Waals surface area contributed by atoms with E-state index >= 15 is 0 Å². The van der Waals surface area contributed by atoms with Crippen molar-refractivity contribution in [3.8, 4) is 6.07 Å². The number of hydrogen-bond donors (Lipinski definition) is 1. The Kier molecular flexibility index (Phi) is 3.82. The molecule has 0 aromatic rings. The third-order valence-corrected chi connectivity index (χ3v) is 5.45. The van der Waals surface area contributed by atoms with Crippen LogP contribution in [0.5, 0.6) is 0 Å². The van der Waals surface area contributed by atoms with E-state index in [4.69, 9.17) is 0 Å². The van der Waals surface area contributed by atoms with Crippen molar-refractivity contribution in [2.45, 2.75) is 75.9 Å². The molecule has 2 bridgehead atoms. The van der Waals surface area contributed by atoms with Crippen LogP contribution in [0.4, 0.5) is 0 Å². The van der Waals surface area contributed by atoms with Gasteiger partial charge in [0.1, 0.15) is 5.54 Å². The number of fused-ring (bicyclic) bond motifs is 2. The highest BCUT2D eigenvalue weighted by Gasteiger charge is 2.38. The van der Waals surface area contributed by atoms with E-state index in [9.17, 15) is 5.26 Å². The molecule has 1 saturated heterocycles. The van der Waals surface area contributed by atoms with Gasteiger partial charge in [0.25, 0.3) is 0 Å². The molecule has 3 nitrogen and oxygen atoms in total. The Hall–Kier alpha value is -0.590. The maximum atomic E-state index is 9.52. The first-order valence-electron chi connectivity index (χ1n) is 8.17. The van der Waals surface area contributed by atoms with E-state index in [1.165, 1.54) is 51.6 Å². The fraction of sp³-hybridized carbons (Fsp3) is 0.938. The van der Waals surface area contributed by atoms with Crippen LogP contribution >= 0.6 is 0 Å². The first-order valence-corrected chi connectivity index (χ1v) is 8.17. The maximum absolute atomic E-state index is 9.52. The van der Waals surface area contributed by atoms with Crippen molar-refractivity contribution in [1.29, 1.82) is 5.26 Å². The first-order chi connectivity index (χ1) is 9.24. The molecule has 3 heteroatoms. The van der Waals surface area contributed by atoms with Crippen molar-refractivity contribution in [3.05, 3.63) is 0 Å². The highest BCUT2D eigenvalue weighted by Crippen LogP contribution is 2.37. The Morgan fingerprint density at radius 1 is 1.32 bits per heavy atom. The van der Waals surface area contributed by atoms with Gasteiger partial charge in [-0.05, 0) is 63.8 Å². The van der Waals surface area contributed by atoms with Gasteiger partial charge in [-0.1, -0.05) is 6.92 Å². The molecule has 3 aliphatic rings. The smallest absolute Gasteiger partial charge is 0.106 e. The molecular formula is C16H27N3. The minimum atomic E-state index is -0.250. The number of likely N-dealkylation sites (tertiary alicyclic amines) is 1. The molecule has 3 rings (SSSR count). The Bertz CT molecular complexity index is 357. The number of nitriles is 1. The third-order valence-electron chi connectivity index (χ3n) is 5.45. The summed E-state index contributed by atoms with van der Waals surface area (Å²) < 4.78 is 0. The van der Waals surface area contributed by atoms with E-state index in [0.29, 0.717) is 6.04 Å².